The van der Waals surface area contributed by atoms with Gasteiger partial charge in [-0.1, -0.05) is 13.8 Å². The van der Waals surface area contributed by atoms with Crippen molar-refractivity contribution in [2.75, 3.05) is 63.3 Å². The lowest BCUT2D eigenvalue weighted by atomic mass is 9.97. The second-order valence-electron chi connectivity index (χ2n) is 11.0. The molecule has 11 nitrogen and oxygen atoms in total. The Morgan fingerprint density at radius 1 is 1.21 bits per heavy atom. The van der Waals surface area contributed by atoms with Crippen LogP contribution in [0.25, 0.3) is 0 Å². The largest absolute Gasteiger partial charge is 0.465 e. The van der Waals surface area contributed by atoms with Gasteiger partial charge in [0.2, 0.25) is 0 Å². The number of rotatable bonds is 7. The summed E-state index contributed by atoms with van der Waals surface area (Å²) in [5.41, 5.74) is 2.51. The van der Waals surface area contributed by atoms with Gasteiger partial charge in [0.15, 0.2) is 0 Å². The molecule has 1 atom stereocenters. The Kier molecular flexibility index (Phi) is 8.70. The van der Waals surface area contributed by atoms with Crippen LogP contribution in [-0.2, 0) is 14.2 Å². The number of nitrogens with one attached hydrogen (secondary N) is 1. The molecular weight excluding hydrogens is 500 g/mol. The second kappa shape index (κ2) is 11.8. The van der Waals surface area contributed by atoms with Crippen LogP contribution in [0.15, 0.2) is 12.3 Å². The number of aryl methyl sites for hydroxylation is 2. The fourth-order valence-electron chi connectivity index (χ4n) is 5.16. The van der Waals surface area contributed by atoms with E-state index < -0.39 is 5.54 Å². The molecule has 1 unspecified atom stereocenters. The molecule has 0 aromatic carbocycles. The zero-order chi connectivity index (χ0) is 28.3. The van der Waals surface area contributed by atoms with Crippen molar-refractivity contribution in [1.29, 1.82) is 0 Å². The Balaban J connectivity index is 1.49. The van der Waals surface area contributed by atoms with Gasteiger partial charge in [-0.2, -0.15) is 0 Å². The monoisotopic (exact) mass is 540 g/mol. The first-order valence-corrected chi connectivity index (χ1v) is 13.5. The van der Waals surface area contributed by atoms with Gasteiger partial charge in [0.25, 0.3) is 5.91 Å². The highest BCUT2D eigenvalue weighted by Crippen LogP contribution is 2.29. The Morgan fingerprint density at radius 3 is 2.59 bits per heavy atom. The number of hydrogen-bond acceptors (Lipinski definition) is 10. The highest BCUT2D eigenvalue weighted by Gasteiger charge is 2.38. The van der Waals surface area contributed by atoms with Gasteiger partial charge in [-0.3, -0.25) is 4.79 Å². The van der Waals surface area contributed by atoms with E-state index in [0.717, 1.165) is 17.1 Å². The number of piperazine rings is 1. The summed E-state index contributed by atoms with van der Waals surface area (Å²) in [4.78, 5) is 43.9. The Morgan fingerprint density at radius 2 is 1.97 bits per heavy atom. The minimum Gasteiger partial charge on any atom is -0.465 e. The van der Waals surface area contributed by atoms with Crippen molar-refractivity contribution in [3.63, 3.8) is 0 Å². The molecule has 1 N–H and O–H groups in total. The molecule has 1 amide bonds. The number of pyridine rings is 1. The molecule has 39 heavy (non-hydrogen) atoms. The summed E-state index contributed by atoms with van der Waals surface area (Å²) in [5, 5.41) is 3.33. The first-order valence-electron chi connectivity index (χ1n) is 13.5. The number of nitrogens with zero attached hydrogens (tertiary/aromatic N) is 5. The van der Waals surface area contributed by atoms with Crippen LogP contribution in [-0.4, -0.2) is 96.5 Å². The van der Waals surface area contributed by atoms with E-state index in [1.807, 2.05) is 52.5 Å². The average Bonchev–Trinajstić information content (AvgIpc) is 2.90. The Hall–Kier alpha value is -3.31. The van der Waals surface area contributed by atoms with E-state index in [0.29, 0.717) is 68.8 Å². The second-order valence-corrected chi connectivity index (χ2v) is 11.0. The molecule has 2 aliphatic heterocycles. The molecule has 0 spiro atoms. The van der Waals surface area contributed by atoms with Crippen LogP contribution < -0.4 is 10.2 Å². The Labute approximate surface area is 230 Å². The predicted molar refractivity (Wildman–Crippen MR) is 148 cm³/mol. The number of aromatic nitrogens is 3. The van der Waals surface area contributed by atoms with Crippen LogP contribution in [0, 0.1) is 13.8 Å². The minimum absolute atomic E-state index is 0.0438. The van der Waals surface area contributed by atoms with Crippen molar-refractivity contribution < 1.29 is 23.8 Å². The van der Waals surface area contributed by atoms with Gasteiger partial charge in [-0.25, -0.2) is 19.7 Å². The molecule has 0 saturated carbocycles. The fourth-order valence-corrected chi connectivity index (χ4v) is 5.16. The molecule has 2 aromatic rings. The minimum atomic E-state index is -0.491. The third kappa shape index (κ3) is 6.30. The maximum atomic E-state index is 13.7. The number of anilines is 2. The predicted octanol–water partition coefficient (Wildman–Crippen LogP) is 2.97. The van der Waals surface area contributed by atoms with Crippen LogP contribution in [0.3, 0.4) is 0 Å². The number of ether oxygens (including phenoxy) is 3. The lowest BCUT2D eigenvalue weighted by Crippen LogP contribution is -2.61. The SMILES string of the molecule is COC(=O)c1c(C)cc(N2CCN(C(=O)c3cnc(NCC4COCCO4)c(C(C)C)n3)C(C)(C)C2)nc1C. The molecule has 4 heterocycles. The van der Waals surface area contributed by atoms with E-state index in [1.54, 1.807) is 6.20 Å². The molecule has 2 aromatic heterocycles. The summed E-state index contributed by atoms with van der Waals surface area (Å²) in [6.45, 7) is 15.8. The number of carbonyl (C=O) groups excluding carboxylic acids is 2. The summed E-state index contributed by atoms with van der Waals surface area (Å²) in [7, 11) is 1.37. The maximum absolute atomic E-state index is 13.7. The molecule has 11 heteroatoms. The van der Waals surface area contributed by atoms with Crippen molar-refractivity contribution in [2.24, 2.45) is 0 Å². The lowest BCUT2D eigenvalue weighted by molar-refractivity contribution is -0.0819. The first kappa shape index (κ1) is 28.7. The highest BCUT2D eigenvalue weighted by molar-refractivity contribution is 5.93. The van der Waals surface area contributed by atoms with Gasteiger partial charge in [0, 0.05) is 26.2 Å². The fraction of sp³-hybridized carbons (Fsp3) is 0.607. The van der Waals surface area contributed by atoms with Crippen molar-refractivity contribution >= 4 is 23.5 Å². The molecule has 4 rings (SSSR count). The van der Waals surface area contributed by atoms with Crippen LogP contribution in [0.1, 0.15) is 71.4 Å². The number of esters is 1. The summed E-state index contributed by atoms with van der Waals surface area (Å²) in [6, 6.07) is 1.91. The van der Waals surface area contributed by atoms with E-state index >= 15 is 0 Å². The van der Waals surface area contributed by atoms with E-state index in [9.17, 15) is 9.59 Å². The van der Waals surface area contributed by atoms with E-state index in [2.05, 4.69) is 20.2 Å². The quantitative estimate of drug-likeness (QED) is 0.525. The third-order valence-corrected chi connectivity index (χ3v) is 7.19. The topological polar surface area (TPSA) is 119 Å². The smallest absolute Gasteiger partial charge is 0.339 e. The van der Waals surface area contributed by atoms with Crippen molar-refractivity contribution in [1.82, 2.24) is 19.9 Å². The van der Waals surface area contributed by atoms with Crippen LogP contribution in [0.5, 0.6) is 0 Å². The van der Waals surface area contributed by atoms with Gasteiger partial charge in [-0.05, 0) is 45.2 Å². The molecule has 0 radical (unpaired) electrons. The van der Waals surface area contributed by atoms with Gasteiger partial charge >= 0.3 is 5.97 Å². The van der Waals surface area contributed by atoms with E-state index in [1.165, 1.54) is 7.11 Å². The molecule has 212 valence electrons. The number of carbonyl (C=O) groups is 2. The highest BCUT2D eigenvalue weighted by atomic mass is 16.6. The summed E-state index contributed by atoms with van der Waals surface area (Å²) < 4.78 is 16.1. The average molecular weight is 541 g/mol. The summed E-state index contributed by atoms with van der Waals surface area (Å²) in [5.74, 6) is 0.978. The molecule has 2 aliphatic rings. The molecular formula is C28H40N6O5. The van der Waals surface area contributed by atoms with Crippen LogP contribution >= 0.6 is 0 Å². The van der Waals surface area contributed by atoms with Gasteiger partial charge in [-0.15, -0.1) is 0 Å². The molecule has 2 saturated heterocycles. The van der Waals surface area contributed by atoms with E-state index in [-0.39, 0.29) is 23.9 Å². The first-order chi connectivity index (χ1) is 18.5. The van der Waals surface area contributed by atoms with Gasteiger partial charge in [0.05, 0.1) is 61.7 Å². The van der Waals surface area contributed by atoms with Crippen molar-refractivity contribution in [3.05, 3.63) is 40.5 Å². The number of methoxy groups -OCH3 is 1. The molecule has 0 aliphatic carbocycles. The zero-order valence-corrected chi connectivity index (χ0v) is 24.0. The number of amides is 1. The van der Waals surface area contributed by atoms with Crippen LogP contribution in [0.4, 0.5) is 11.6 Å². The normalized spacial score (nSPS) is 19.2. The van der Waals surface area contributed by atoms with Crippen molar-refractivity contribution in [3.8, 4) is 0 Å². The Bertz CT molecular complexity index is 1190. The number of hydrogen-bond donors (Lipinski definition) is 1. The van der Waals surface area contributed by atoms with E-state index in [4.69, 9.17) is 19.2 Å². The summed E-state index contributed by atoms with van der Waals surface area (Å²) in [6.07, 6.45) is 1.51. The lowest BCUT2D eigenvalue weighted by Gasteiger charge is -2.47. The maximum Gasteiger partial charge on any atom is 0.339 e. The van der Waals surface area contributed by atoms with Gasteiger partial charge < -0.3 is 29.3 Å². The third-order valence-electron chi connectivity index (χ3n) is 7.19. The summed E-state index contributed by atoms with van der Waals surface area (Å²) >= 11 is 0. The van der Waals surface area contributed by atoms with Crippen LogP contribution in [0.2, 0.25) is 0 Å². The molecule has 0 bridgehead atoms. The standard InChI is InChI=1S/C28H40N6O5/c1-17(2)24-25(29-13-20-15-38-10-11-39-20)30-14-21(32-24)26(35)34-9-8-33(16-28(34,5)6)22-12-18(3)23(19(4)31-22)27(36)37-7/h12,14,17,20H,8-11,13,15-16H2,1-7H3,(H,29,30). The van der Waals surface area contributed by atoms with Gasteiger partial charge in [0.1, 0.15) is 17.3 Å². The molecule has 2 fully saturated rings. The van der Waals surface area contributed by atoms with Crippen molar-refractivity contribution in [2.45, 2.75) is 59.1 Å². The zero-order valence-electron chi connectivity index (χ0n) is 24.0.